The van der Waals surface area contributed by atoms with Gasteiger partial charge in [0.05, 0.1) is 6.61 Å². The Hall–Kier alpha value is -1.10. The predicted molar refractivity (Wildman–Crippen MR) is 111 cm³/mol. The predicted octanol–water partition coefficient (Wildman–Crippen LogP) is 4.40. The first-order chi connectivity index (χ1) is 12.1. The number of nitrogens with one attached hydrogen (secondary N) is 1. The SMILES string of the molecule is CCOP(C)(=O)c1ccc([C@@H](N[S+]([O-])C(C)(C)C)c2ccccc2)cc1. The first-order valence-electron chi connectivity index (χ1n) is 8.70. The summed E-state index contributed by atoms with van der Waals surface area (Å²) in [5.74, 6) is 0. The van der Waals surface area contributed by atoms with E-state index in [1.807, 2.05) is 82.3 Å². The van der Waals surface area contributed by atoms with E-state index in [0.29, 0.717) is 11.9 Å². The van der Waals surface area contributed by atoms with Crippen LogP contribution in [-0.4, -0.2) is 22.6 Å². The van der Waals surface area contributed by atoms with E-state index in [0.717, 1.165) is 11.1 Å². The lowest BCUT2D eigenvalue weighted by atomic mass is 10.00. The molecule has 0 aromatic heterocycles. The van der Waals surface area contributed by atoms with Gasteiger partial charge >= 0.3 is 0 Å². The highest BCUT2D eigenvalue weighted by atomic mass is 32.2. The van der Waals surface area contributed by atoms with E-state index in [2.05, 4.69) is 4.72 Å². The Bertz CT molecular complexity index is 744. The van der Waals surface area contributed by atoms with Crippen molar-refractivity contribution in [3.05, 3.63) is 65.7 Å². The summed E-state index contributed by atoms with van der Waals surface area (Å²) in [4.78, 5) is 0. The second-order valence-corrected chi connectivity index (χ2v) is 11.7. The largest absolute Gasteiger partial charge is 0.598 e. The van der Waals surface area contributed by atoms with Gasteiger partial charge in [-0.05, 0) is 51.0 Å². The molecule has 0 saturated heterocycles. The molecule has 4 nitrogen and oxygen atoms in total. The Morgan fingerprint density at radius 1 is 1.08 bits per heavy atom. The van der Waals surface area contributed by atoms with Crippen LogP contribution < -0.4 is 10.0 Å². The summed E-state index contributed by atoms with van der Waals surface area (Å²) < 4.78 is 33.5. The van der Waals surface area contributed by atoms with Gasteiger partial charge in [0.1, 0.15) is 10.8 Å². The minimum Gasteiger partial charge on any atom is -0.598 e. The Labute approximate surface area is 160 Å². The topological polar surface area (TPSA) is 61.4 Å². The summed E-state index contributed by atoms with van der Waals surface area (Å²) in [6, 6.07) is 17.2. The van der Waals surface area contributed by atoms with Gasteiger partial charge < -0.3 is 9.08 Å². The molecule has 6 heteroatoms. The quantitative estimate of drug-likeness (QED) is 0.560. The van der Waals surface area contributed by atoms with Crippen LogP contribution in [0.1, 0.15) is 44.9 Å². The van der Waals surface area contributed by atoms with Crippen molar-refractivity contribution < 1.29 is 13.6 Å². The zero-order chi connectivity index (χ0) is 19.4. The van der Waals surface area contributed by atoms with E-state index < -0.39 is 18.7 Å². The molecule has 2 aromatic carbocycles. The van der Waals surface area contributed by atoms with Crippen molar-refractivity contribution >= 4 is 24.0 Å². The number of benzene rings is 2. The second-order valence-electron chi connectivity index (χ2n) is 7.20. The van der Waals surface area contributed by atoms with E-state index in [1.54, 1.807) is 6.66 Å². The first-order valence-corrected chi connectivity index (χ1v) is 11.9. The van der Waals surface area contributed by atoms with Gasteiger partial charge in [0.2, 0.25) is 7.37 Å². The normalized spacial score (nSPS) is 16.7. The molecule has 0 spiro atoms. The maximum atomic E-state index is 12.7. The first kappa shape index (κ1) is 21.2. The molecule has 1 N–H and O–H groups in total. The molecule has 0 amide bonds. The van der Waals surface area contributed by atoms with E-state index in [-0.39, 0.29) is 10.8 Å². The molecule has 26 heavy (non-hydrogen) atoms. The van der Waals surface area contributed by atoms with Crippen LogP contribution in [-0.2, 0) is 20.5 Å². The minimum absolute atomic E-state index is 0.214. The van der Waals surface area contributed by atoms with Crippen molar-refractivity contribution in [2.75, 3.05) is 13.3 Å². The van der Waals surface area contributed by atoms with Crippen LogP contribution in [0.3, 0.4) is 0 Å². The van der Waals surface area contributed by atoms with Crippen LogP contribution in [0, 0.1) is 0 Å². The molecule has 0 heterocycles. The molecule has 0 bridgehead atoms. The summed E-state index contributed by atoms with van der Waals surface area (Å²) in [5, 5.41) is 0.687. The molecule has 0 aliphatic heterocycles. The molecular weight excluding hydrogens is 365 g/mol. The summed E-state index contributed by atoms with van der Waals surface area (Å²) in [7, 11) is -2.80. The van der Waals surface area contributed by atoms with E-state index in [4.69, 9.17) is 4.52 Å². The average Bonchev–Trinajstić information content (AvgIpc) is 2.59. The van der Waals surface area contributed by atoms with Crippen molar-refractivity contribution in [1.29, 1.82) is 0 Å². The van der Waals surface area contributed by atoms with Crippen LogP contribution in [0.5, 0.6) is 0 Å². The standard InChI is InChI=1S/C20H28NO3PS/c1-6-24-25(5,22)18-14-12-17(13-15-18)19(16-10-8-7-9-11-16)21-26(23)20(2,3)4/h7-15,19,21H,6H2,1-5H3/t19-,25?,26?/m0/s1. The van der Waals surface area contributed by atoms with E-state index in [1.165, 1.54) is 0 Å². The molecule has 0 aliphatic carbocycles. The minimum atomic E-state index is -2.80. The third-order valence-corrected chi connectivity index (χ3v) is 7.53. The van der Waals surface area contributed by atoms with Crippen LogP contribution >= 0.6 is 7.37 Å². The third kappa shape index (κ3) is 5.45. The Morgan fingerprint density at radius 2 is 1.62 bits per heavy atom. The van der Waals surface area contributed by atoms with Crippen molar-refractivity contribution in [3.8, 4) is 0 Å². The van der Waals surface area contributed by atoms with Crippen LogP contribution in [0.25, 0.3) is 0 Å². The van der Waals surface area contributed by atoms with Gasteiger partial charge in [-0.25, -0.2) is 0 Å². The third-order valence-electron chi connectivity index (χ3n) is 3.98. The molecule has 3 atom stereocenters. The van der Waals surface area contributed by atoms with Crippen LogP contribution in [0.2, 0.25) is 0 Å². The smallest absolute Gasteiger partial charge is 0.229 e. The van der Waals surface area contributed by atoms with Gasteiger partial charge in [-0.2, -0.15) is 0 Å². The van der Waals surface area contributed by atoms with Gasteiger partial charge in [-0.15, -0.1) is 4.72 Å². The highest BCUT2D eigenvalue weighted by Crippen LogP contribution is 2.41. The average molecular weight is 393 g/mol. The fraction of sp³-hybridized carbons (Fsp3) is 0.400. The Balaban J connectivity index is 2.35. The van der Waals surface area contributed by atoms with Crippen molar-refractivity contribution in [2.45, 2.75) is 38.5 Å². The van der Waals surface area contributed by atoms with E-state index in [9.17, 15) is 9.12 Å². The van der Waals surface area contributed by atoms with Crippen LogP contribution in [0.4, 0.5) is 0 Å². The Morgan fingerprint density at radius 3 is 2.12 bits per heavy atom. The maximum Gasteiger partial charge on any atom is 0.229 e. The van der Waals surface area contributed by atoms with Gasteiger partial charge in [0.25, 0.3) is 0 Å². The number of hydrogen-bond acceptors (Lipinski definition) is 4. The summed E-state index contributed by atoms with van der Waals surface area (Å²) in [6.07, 6.45) is 0. The number of hydrogen-bond donors (Lipinski definition) is 1. The zero-order valence-corrected chi connectivity index (χ0v) is 17.8. The van der Waals surface area contributed by atoms with Gasteiger partial charge in [0, 0.05) is 23.3 Å². The monoisotopic (exact) mass is 393 g/mol. The molecule has 2 rings (SSSR count). The summed E-state index contributed by atoms with van der Waals surface area (Å²) >= 11 is -1.22. The zero-order valence-electron chi connectivity index (χ0n) is 16.1. The van der Waals surface area contributed by atoms with Crippen molar-refractivity contribution in [3.63, 3.8) is 0 Å². The van der Waals surface area contributed by atoms with Crippen LogP contribution in [0.15, 0.2) is 54.6 Å². The highest BCUT2D eigenvalue weighted by molar-refractivity contribution is 7.90. The van der Waals surface area contributed by atoms with Crippen molar-refractivity contribution in [1.82, 2.24) is 4.72 Å². The fourth-order valence-corrected chi connectivity index (χ4v) is 4.69. The lowest BCUT2D eigenvalue weighted by molar-refractivity contribution is 0.345. The lowest BCUT2D eigenvalue weighted by Gasteiger charge is -2.28. The molecular formula is C20H28NO3PS. The van der Waals surface area contributed by atoms with E-state index >= 15 is 0 Å². The molecule has 0 fully saturated rings. The molecule has 2 unspecified atom stereocenters. The van der Waals surface area contributed by atoms with Gasteiger partial charge in [-0.3, -0.25) is 4.57 Å². The molecule has 0 saturated carbocycles. The van der Waals surface area contributed by atoms with Crippen molar-refractivity contribution in [2.24, 2.45) is 0 Å². The van der Waals surface area contributed by atoms with Gasteiger partial charge in [-0.1, -0.05) is 42.5 Å². The summed E-state index contributed by atoms with van der Waals surface area (Å²) in [6.45, 7) is 9.70. The maximum absolute atomic E-state index is 12.7. The van der Waals surface area contributed by atoms with Gasteiger partial charge in [0.15, 0.2) is 0 Å². The highest BCUT2D eigenvalue weighted by Gasteiger charge is 2.30. The Kier molecular flexibility index (Phi) is 7.12. The molecule has 0 aliphatic rings. The molecule has 142 valence electrons. The second kappa shape index (κ2) is 8.73. The molecule has 0 radical (unpaired) electrons. The fourth-order valence-electron chi connectivity index (χ4n) is 2.52. The lowest BCUT2D eigenvalue weighted by Crippen LogP contribution is -2.41. The molecule has 2 aromatic rings. The number of rotatable bonds is 7. The summed E-state index contributed by atoms with van der Waals surface area (Å²) in [5.41, 5.74) is 2.00.